The Morgan fingerprint density at radius 1 is 1.19 bits per heavy atom. The molecule has 3 atom stereocenters. The number of carboxylic acids is 1. The summed E-state index contributed by atoms with van der Waals surface area (Å²) in [6.45, 7) is 8.14. The molecule has 0 bridgehead atoms. The minimum Gasteiger partial charge on any atom is -0.480 e. The second-order valence-corrected chi connectivity index (χ2v) is 5.87. The van der Waals surface area contributed by atoms with E-state index in [0.717, 1.165) is 25.7 Å². The zero-order valence-electron chi connectivity index (χ0n) is 12.4. The van der Waals surface area contributed by atoms with Gasteiger partial charge in [-0.1, -0.05) is 25.0 Å². The van der Waals surface area contributed by atoms with E-state index < -0.39 is 12.0 Å². The summed E-state index contributed by atoms with van der Waals surface area (Å²) in [6.07, 6.45) is 8.05. The molecule has 2 rings (SSSR count). The van der Waals surface area contributed by atoms with Crippen LogP contribution < -0.4 is 0 Å². The van der Waals surface area contributed by atoms with E-state index in [1.54, 1.807) is 22.0 Å². The van der Waals surface area contributed by atoms with Gasteiger partial charge in [0.2, 0.25) is 0 Å². The van der Waals surface area contributed by atoms with Gasteiger partial charge in [-0.25, -0.2) is 9.59 Å². The minimum absolute atomic E-state index is 0.0736. The van der Waals surface area contributed by atoms with E-state index in [-0.39, 0.29) is 12.1 Å². The van der Waals surface area contributed by atoms with Gasteiger partial charge in [0.25, 0.3) is 0 Å². The Balaban J connectivity index is 2.22. The van der Waals surface area contributed by atoms with Crippen molar-refractivity contribution in [2.45, 2.75) is 44.2 Å². The van der Waals surface area contributed by atoms with E-state index >= 15 is 0 Å². The summed E-state index contributed by atoms with van der Waals surface area (Å²) in [7, 11) is 0. The van der Waals surface area contributed by atoms with Gasteiger partial charge in [0.05, 0.1) is 0 Å². The van der Waals surface area contributed by atoms with Gasteiger partial charge in [0.15, 0.2) is 0 Å². The molecule has 1 aliphatic carbocycles. The van der Waals surface area contributed by atoms with Crippen LogP contribution in [0.1, 0.15) is 32.1 Å². The van der Waals surface area contributed by atoms with Gasteiger partial charge in [0, 0.05) is 19.1 Å². The van der Waals surface area contributed by atoms with Crippen molar-refractivity contribution in [1.29, 1.82) is 0 Å². The average Bonchev–Trinajstić information content (AvgIpc) is 2.86. The quantitative estimate of drug-likeness (QED) is 0.792. The molecule has 3 unspecified atom stereocenters. The van der Waals surface area contributed by atoms with Crippen molar-refractivity contribution in [3.63, 3.8) is 0 Å². The van der Waals surface area contributed by atoms with Crippen molar-refractivity contribution >= 4 is 12.0 Å². The Morgan fingerprint density at radius 2 is 1.81 bits per heavy atom. The molecular formula is C16H24N2O3. The van der Waals surface area contributed by atoms with Crippen LogP contribution in [0.15, 0.2) is 25.3 Å². The zero-order valence-corrected chi connectivity index (χ0v) is 12.4. The number of aliphatic carboxylic acids is 1. The van der Waals surface area contributed by atoms with Crippen molar-refractivity contribution in [2.75, 3.05) is 13.1 Å². The number of likely N-dealkylation sites (tertiary alicyclic amines) is 1. The number of carboxylic acid groups (broad SMARTS) is 1. The van der Waals surface area contributed by atoms with Crippen molar-refractivity contribution in [2.24, 2.45) is 5.92 Å². The lowest BCUT2D eigenvalue weighted by Gasteiger charge is -2.36. The molecule has 116 valence electrons. The first-order valence-electron chi connectivity index (χ1n) is 7.62. The molecule has 0 aromatic carbocycles. The highest BCUT2D eigenvalue weighted by Gasteiger charge is 2.48. The van der Waals surface area contributed by atoms with Gasteiger partial charge >= 0.3 is 12.0 Å². The molecule has 2 aliphatic rings. The number of nitrogens with zero attached hydrogens (tertiary/aromatic N) is 2. The van der Waals surface area contributed by atoms with Gasteiger partial charge in [-0.3, -0.25) is 0 Å². The molecule has 5 heteroatoms. The van der Waals surface area contributed by atoms with Crippen LogP contribution in [0.3, 0.4) is 0 Å². The van der Waals surface area contributed by atoms with Gasteiger partial charge in [-0.2, -0.15) is 0 Å². The molecule has 1 heterocycles. The van der Waals surface area contributed by atoms with Crippen LogP contribution in [-0.2, 0) is 4.79 Å². The van der Waals surface area contributed by atoms with E-state index in [1.165, 1.54) is 0 Å². The van der Waals surface area contributed by atoms with E-state index in [2.05, 4.69) is 13.2 Å². The van der Waals surface area contributed by atoms with Gasteiger partial charge in [-0.15, -0.1) is 13.2 Å². The second kappa shape index (κ2) is 6.78. The van der Waals surface area contributed by atoms with Crippen molar-refractivity contribution in [1.82, 2.24) is 9.80 Å². The molecule has 1 saturated heterocycles. The molecule has 0 radical (unpaired) electrons. The number of carbonyl (C=O) groups is 2. The second-order valence-electron chi connectivity index (χ2n) is 5.87. The van der Waals surface area contributed by atoms with Gasteiger partial charge in [-0.05, 0) is 25.2 Å². The fraction of sp³-hybridized carbons (Fsp3) is 0.625. The van der Waals surface area contributed by atoms with Crippen LogP contribution in [-0.4, -0.2) is 52.1 Å². The summed E-state index contributed by atoms with van der Waals surface area (Å²) in [5.41, 5.74) is 0. The number of hydrogen-bond acceptors (Lipinski definition) is 2. The third-order valence-corrected chi connectivity index (χ3v) is 4.56. The normalized spacial score (nSPS) is 27.8. The Hall–Kier alpha value is -1.78. The third-order valence-electron chi connectivity index (χ3n) is 4.56. The SMILES string of the molecule is C=CCN(CC=C)C(=O)N1C(C(=O)O)CC2CCCCC21. The lowest BCUT2D eigenvalue weighted by molar-refractivity contribution is -0.141. The first kappa shape index (κ1) is 15.6. The molecule has 0 aromatic rings. The van der Waals surface area contributed by atoms with Crippen molar-refractivity contribution in [3.05, 3.63) is 25.3 Å². The maximum atomic E-state index is 12.8. The predicted molar refractivity (Wildman–Crippen MR) is 81.0 cm³/mol. The number of hydrogen-bond donors (Lipinski definition) is 1. The highest BCUT2D eigenvalue weighted by atomic mass is 16.4. The highest BCUT2D eigenvalue weighted by Crippen LogP contribution is 2.40. The maximum absolute atomic E-state index is 12.8. The van der Waals surface area contributed by atoms with Crippen LogP contribution in [0.25, 0.3) is 0 Å². The van der Waals surface area contributed by atoms with Gasteiger partial charge < -0.3 is 14.9 Å². The summed E-state index contributed by atoms with van der Waals surface area (Å²) >= 11 is 0. The number of carbonyl (C=O) groups excluding carboxylic acids is 1. The fourth-order valence-electron chi connectivity index (χ4n) is 3.66. The van der Waals surface area contributed by atoms with Crippen LogP contribution in [0, 0.1) is 5.92 Å². The summed E-state index contributed by atoms with van der Waals surface area (Å²) in [4.78, 5) is 27.5. The first-order chi connectivity index (χ1) is 10.1. The number of urea groups is 1. The number of fused-ring (bicyclic) bond motifs is 1. The zero-order chi connectivity index (χ0) is 15.4. The minimum atomic E-state index is -0.894. The molecular weight excluding hydrogens is 268 g/mol. The van der Waals surface area contributed by atoms with E-state index in [0.29, 0.717) is 25.4 Å². The smallest absolute Gasteiger partial charge is 0.326 e. The van der Waals surface area contributed by atoms with Crippen molar-refractivity contribution < 1.29 is 14.7 Å². The van der Waals surface area contributed by atoms with Crippen LogP contribution in [0.2, 0.25) is 0 Å². The Bertz CT molecular complexity index is 425. The Kier molecular flexibility index (Phi) is 5.04. The average molecular weight is 292 g/mol. The molecule has 2 fully saturated rings. The lowest BCUT2D eigenvalue weighted by Crippen LogP contribution is -2.52. The number of amides is 2. The van der Waals surface area contributed by atoms with Gasteiger partial charge in [0.1, 0.15) is 6.04 Å². The molecule has 1 saturated carbocycles. The van der Waals surface area contributed by atoms with Crippen LogP contribution in [0.5, 0.6) is 0 Å². The van der Waals surface area contributed by atoms with E-state index in [4.69, 9.17) is 0 Å². The lowest BCUT2D eigenvalue weighted by atomic mass is 9.85. The largest absolute Gasteiger partial charge is 0.480 e. The monoisotopic (exact) mass is 292 g/mol. The summed E-state index contributed by atoms with van der Waals surface area (Å²) < 4.78 is 0. The molecule has 2 amide bonds. The molecule has 0 spiro atoms. The molecule has 1 N–H and O–H groups in total. The fourth-order valence-corrected chi connectivity index (χ4v) is 3.66. The maximum Gasteiger partial charge on any atom is 0.326 e. The Morgan fingerprint density at radius 3 is 2.38 bits per heavy atom. The van der Waals surface area contributed by atoms with Crippen LogP contribution >= 0.6 is 0 Å². The highest BCUT2D eigenvalue weighted by molar-refractivity contribution is 5.84. The third kappa shape index (κ3) is 3.12. The van der Waals surface area contributed by atoms with E-state index in [9.17, 15) is 14.7 Å². The molecule has 1 aliphatic heterocycles. The van der Waals surface area contributed by atoms with E-state index in [1.807, 2.05) is 0 Å². The topological polar surface area (TPSA) is 60.9 Å². The Labute approximate surface area is 125 Å². The molecule has 0 aromatic heterocycles. The summed E-state index contributed by atoms with van der Waals surface area (Å²) in [5.74, 6) is -0.562. The standard InChI is InChI=1S/C16H24N2O3/c1-3-9-17(10-4-2)16(21)18-13-8-6-5-7-12(13)11-14(18)15(19)20/h3-4,12-14H,1-2,5-11H2,(H,19,20). The van der Waals surface area contributed by atoms with Crippen LogP contribution in [0.4, 0.5) is 4.79 Å². The predicted octanol–water partition coefficient (Wildman–Crippen LogP) is 2.50. The first-order valence-corrected chi connectivity index (χ1v) is 7.62. The molecule has 21 heavy (non-hydrogen) atoms. The summed E-state index contributed by atoms with van der Waals surface area (Å²) in [6, 6.07) is -0.816. The van der Waals surface area contributed by atoms with Crippen molar-refractivity contribution in [3.8, 4) is 0 Å². The number of rotatable bonds is 5. The molecule has 5 nitrogen and oxygen atoms in total. The summed E-state index contributed by atoms with van der Waals surface area (Å²) in [5, 5.41) is 9.47.